The van der Waals surface area contributed by atoms with Gasteiger partial charge < -0.3 is 15.1 Å². The molecule has 0 bridgehead atoms. The highest BCUT2D eigenvalue weighted by atomic mass is 16.1. The van der Waals surface area contributed by atoms with Crippen LogP contribution in [0.5, 0.6) is 0 Å². The number of carbonyl (C=O) groups excluding carboxylic acids is 1. The number of hydrogen-bond acceptors (Lipinski definition) is 6. The van der Waals surface area contributed by atoms with Crippen LogP contribution in [-0.4, -0.2) is 53.1 Å². The first-order valence-electron chi connectivity index (χ1n) is 10.8. The zero-order chi connectivity index (χ0) is 20.1. The van der Waals surface area contributed by atoms with E-state index in [-0.39, 0.29) is 11.9 Å². The van der Waals surface area contributed by atoms with Crippen molar-refractivity contribution >= 4 is 17.5 Å². The Bertz CT molecular complexity index is 811. The van der Waals surface area contributed by atoms with Gasteiger partial charge in [0, 0.05) is 44.5 Å². The molecule has 2 aromatic heterocycles. The lowest BCUT2D eigenvalue weighted by Gasteiger charge is -2.36. The SMILES string of the molecule is Cc1nc(C(=O)NC2CCCCCC2)cc(N2CCN(c3ccccn3)CC2)n1. The third-order valence-electron chi connectivity index (χ3n) is 5.82. The lowest BCUT2D eigenvalue weighted by Crippen LogP contribution is -2.47. The lowest BCUT2D eigenvalue weighted by atomic mass is 10.1. The third-order valence-corrected chi connectivity index (χ3v) is 5.82. The van der Waals surface area contributed by atoms with Crippen LogP contribution >= 0.6 is 0 Å². The summed E-state index contributed by atoms with van der Waals surface area (Å²) in [5, 5.41) is 3.20. The van der Waals surface area contributed by atoms with Crippen LogP contribution in [-0.2, 0) is 0 Å². The summed E-state index contributed by atoms with van der Waals surface area (Å²) in [6.07, 6.45) is 8.89. The van der Waals surface area contributed by atoms with E-state index in [0.717, 1.165) is 50.7 Å². The molecule has 0 atom stereocenters. The Hall–Kier alpha value is -2.70. The highest BCUT2D eigenvalue weighted by Crippen LogP contribution is 2.20. The summed E-state index contributed by atoms with van der Waals surface area (Å²) in [7, 11) is 0. The average molecular weight is 395 g/mol. The van der Waals surface area contributed by atoms with Gasteiger partial charge in [0.1, 0.15) is 23.2 Å². The number of pyridine rings is 1. The molecule has 1 amide bonds. The van der Waals surface area contributed by atoms with Gasteiger partial charge in [-0.25, -0.2) is 15.0 Å². The molecule has 29 heavy (non-hydrogen) atoms. The fraction of sp³-hybridized carbons (Fsp3) is 0.545. The van der Waals surface area contributed by atoms with Crippen LogP contribution in [0.3, 0.4) is 0 Å². The molecule has 0 unspecified atom stereocenters. The second-order valence-electron chi connectivity index (χ2n) is 7.98. The van der Waals surface area contributed by atoms with Crippen molar-refractivity contribution in [2.45, 2.75) is 51.5 Å². The summed E-state index contributed by atoms with van der Waals surface area (Å²) in [5.41, 5.74) is 0.476. The van der Waals surface area contributed by atoms with Crippen LogP contribution < -0.4 is 15.1 Å². The van der Waals surface area contributed by atoms with E-state index in [9.17, 15) is 4.79 Å². The average Bonchev–Trinajstić information content (AvgIpc) is 3.03. The zero-order valence-corrected chi connectivity index (χ0v) is 17.2. The first-order valence-corrected chi connectivity index (χ1v) is 10.8. The monoisotopic (exact) mass is 394 g/mol. The molecule has 1 N–H and O–H groups in total. The predicted molar refractivity (Wildman–Crippen MR) is 114 cm³/mol. The maximum Gasteiger partial charge on any atom is 0.270 e. The summed E-state index contributed by atoms with van der Waals surface area (Å²) >= 11 is 0. The van der Waals surface area contributed by atoms with E-state index in [0.29, 0.717) is 11.5 Å². The first kappa shape index (κ1) is 19.6. The van der Waals surface area contributed by atoms with Crippen LogP contribution in [0.1, 0.15) is 54.8 Å². The number of carbonyl (C=O) groups is 1. The standard InChI is InChI=1S/C22H30N6O/c1-17-24-19(22(29)26-18-8-4-2-3-5-9-18)16-21(25-17)28-14-12-27(13-15-28)20-10-6-7-11-23-20/h6-7,10-11,16,18H,2-5,8-9,12-15H2,1H3,(H,26,29). The van der Waals surface area contributed by atoms with Crippen molar-refractivity contribution in [3.8, 4) is 0 Å². The number of hydrogen-bond donors (Lipinski definition) is 1. The van der Waals surface area contributed by atoms with Gasteiger partial charge in [-0.3, -0.25) is 4.79 Å². The van der Waals surface area contributed by atoms with Crippen molar-refractivity contribution in [1.82, 2.24) is 20.3 Å². The minimum Gasteiger partial charge on any atom is -0.353 e. The van der Waals surface area contributed by atoms with Crippen LogP contribution in [0.4, 0.5) is 11.6 Å². The molecule has 4 rings (SSSR count). The molecule has 1 saturated carbocycles. The van der Waals surface area contributed by atoms with E-state index in [1.54, 1.807) is 0 Å². The smallest absolute Gasteiger partial charge is 0.270 e. The number of aryl methyl sites for hydroxylation is 1. The molecule has 7 heteroatoms. The molecule has 1 aliphatic heterocycles. The van der Waals surface area contributed by atoms with Crippen LogP contribution in [0.2, 0.25) is 0 Å². The van der Waals surface area contributed by atoms with Crippen molar-refractivity contribution < 1.29 is 4.79 Å². The number of nitrogens with zero attached hydrogens (tertiary/aromatic N) is 5. The molecule has 1 saturated heterocycles. The lowest BCUT2D eigenvalue weighted by molar-refractivity contribution is 0.0928. The number of nitrogens with one attached hydrogen (secondary N) is 1. The summed E-state index contributed by atoms with van der Waals surface area (Å²) in [5.74, 6) is 2.41. The largest absolute Gasteiger partial charge is 0.353 e. The number of rotatable bonds is 4. The van der Waals surface area contributed by atoms with Gasteiger partial charge in [-0.15, -0.1) is 0 Å². The molecule has 2 aliphatic rings. The topological polar surface area (TPSA) is 74.2 Å². The quantitative estimate of drug-likeness (QED) is 0.804. The molecular weight excluding hydrogens is 364 g/mol. The molecule has 7 nitrogen and oxygen atoms in total. The van der Waals surface area contributed by atoms with Crippen LogP contribution in [0.25, 0.3) is 0 Å². The fourth-order valence-corrected chi connectivity index (χ4v) is 4.22. The molecule has 2 fully saturated rings. The minimum absolute atomic E-state index is 0.0734. The van der Waals surface area contributed by atoms with E-state index >= 15 is 0 Å². The van der Waals surface area contributed by atoms with Crippen LogP contribution in [0, 0.1) is 6.92 Å². The second kappa shape index (κ2) is 9.20. The van der Waals surface area contributed by atoms with Crippen molar-refractivity contribution in [1.29, 1.82) is 0 Å². The fourth-order valence-electron chi connectivity index (χ4n) is 4.22. The molecule has 2 aromatic rings. The van der Waals surface area contributed by atoms with Crippen LogP contribution in [0.15, 0.2) is 30.5 Å². The van der Waals surface area contributed by atoms with Gasteiger partial charge in [-0.2, -0.15) is 0 Å². The zero-order valence-electron chi connectivity index (χ0n) is 17.2. The third kappa shape index (κ3) is 5.02. The molecule has 154 valence electrons. The summed E-state index contributed by atoms with van der Waals surface area (Å²) in [6.45, 7) is 5.30. The molecule has 1 aliphatic carbocycles. The number of aromatic nitrogens is 3. The number of piperazine rings is 1. The predicted octanol–water partition coefficient (Wildman–Crippen LogP) is 2.96. The Labute approximate surface area is 172 Å². The Morgan fingerprint density at radius 2 is 1.66 bits per heavy atom. The number of amides is 1. The van der Waals surface area contributed by atoms with Crippen molar-refractivity contribution in [2.24, 2.45) is 0 Å². The Morgan fingerprint density at radius 3 is 2.31 bits per heavy atom. The summed E-state index contributed by atoms with van der Waals surface area (Å²) < 4.78 is 0. The van der Waals surface area contributed by atoms with E-state index in [1.165, 1.54) is 25.7 Å². The molecule has 0 radical (unpaired) electrons. The van der Waals surface area contributed by atoms with Crippen molar-refractivity contribution in [3.63, 3.8) is 0 Å². The first-order chi connectivity index (χ1) is 14.2. The van der Waals surface area contributed by atoms with E-state index in [4.69, 9.17) is 0 Å². The molecule has 0 spiro atoms. The highest BCUT2D eigenvalue weighted by Gasteiger charge is 2.22. The van der Waals surface area contributed by atoms with Gasteiger partial charge in [0.25, 0.3) is 5.91 Å². The minimum atomic E-state index is -0.0734. The Balaban J connectivity index is 1.41. The molecular formula is C22H30N6O. The normalized spacial score (nSPS) is 18.4. The summed E-state index contributed by atoms with van der Waals surface area (Å²) in [6, 6.07) is 8.11. The van der Waals surface area contributed by atoms with Gasteiger partial charge in [-0.1, -0.05) is 31.7 Å². The Morgan fingerprint density at radius 1 is 0.966 bits per heavy atom. The van der Waals surface area contributed by atoms with Gasteiger partial charge in [-0.05, 0) is 31.9 Å². The highest BCUT2D eigenvalue weighted by molar-refractivity contribution is 5.93. The van der Waals surface area contributed by atoms with Gasteiger partial charge in [0.15, 0.2) is 0 Å². The van der Waals surface area contributed by atoms with Gasteiger partial charge >= 0.3 is 0 Å². The summed E-state index contributed by atoms with van der Waals surface area (Å²) in [4.78, 5) is 30.8. The van der Waals surface area contributed by atoms with E-state index in [2.05, 4.69) is 30.1 Å². The van der Waals surface area contributed by atoms with E-state index < -0.39 is 0 Å². The van der Waals surface area contributed by atoms with E-state index in [1.807, 2.05) is 37.4 Å². The second-order valence-corrected chi connectivity index (χ2v) is 7.98. The van der Waals surface area contributed by atoms with Crippen molar-refractivity contribution in [3.05, 3.63) is 42.0 Å². The maximum absolute atomic E-state index is 12.8. The van der Waals surface area contributed by atoms with Gasteiger partial charge in [0.2, 0.25) is 0 Å². The molecule has 0 aromatic carbocycles. The van der Waals surface area contributed by atoms with Gasteiger partial charge in [0.05, 0.1) is 0 Å². The Kier molecular flexibility index (Phi) is 6.22. The molecule has 3 heterocycles. The number of anilines is 2. The van der Waals surface area contributed by atoms with Crippen molar-refractivity contribution in [2.75, 3.05) is 36.0 Å². The maximum atomic E-state index is 12.8.